The number of fused-ring (bicyclic) bond motifs is 2. The van der Waals surface area contributed by atoms with Crippen LogP contribution in [0, 0.1) is 17.8 Å². The second-order valence-corrected chi connectivity index (χ2v) is 7.47. The Kier molecular flexibility index (Phi) is 2.95. The molecule has 108 valence electrons. The smallest absolute Gasteiger partial charge is 0.168 e. The van der Waals surface area contributed by atoms with Gasteiger partial charge in [-0.3, -0.25) is 0 Å². The summed E-state index contributed by atoms with van der Waals surface area (Å²) in [6.45, 7) is 1.45. The molecule has 19 heavy (non-hydrogen) atoms. The number of hydrogen-bond acceptors (Lipinski definition) is 3. The molecule has 0 aromatic rings. The van der Waals surface area contributed by atoms with Crippen molar-refractivity contribution in [3.63, 3.8) is 0 Å². The molecule has 1 N–H and O–H groups in total. The minimum absolute atomic E-state index is 0.332. The summed E-state index contributed by atoms with van der Waals surface area (Å²) in [4.78, 5) is 0. The maximum atomic E-state index is 10.9. The number of ether oxygens (including phenoxy) is 2. The predicted octanol–water partition coefficient (Wildman–Crippen LogP) is 2.86. The molecule has 3 heteroatoms. The maximum absolute atomic E-state index is 10.9. The van der Waals surface area contributed by atoms with Gasteiger partial charge in [0, 0.05) is 12.8 Å². The standard InChI is InChI=1S/C16H26O3/c17-15(11-14-10-12-1-2-13(14)9-12)3-5-16(6-4-15)18-7-8-19-16/h12-14,17H,1-11H2. The zero-order chi connectivity index (χ0) is 12.9. The summed E-state index contributed by atoms with van der Waals surface area (Å²) in [5, 5.41) is 10.9. The topological polar surface area (TPSA) is 38.7 Å². The number of rotatable bonds is 2. The van der Waals surface area contributed by atoms with Crippen LogP contribution in [0.25, 0.3) is 0 Å². The van der Waals surface area contributed by atoms with Crippen LogP contribution < -0.4 is 0 Å². The molecule has 0 aromatic carbocycles. The van der Waals surface area contributed by atoms with Gasteiger partial charge in [0.2, 0.25) is 0 Å². The lowest BCUT2D eigenvalue weighted by Crippen LogP contribution is -2.44. The van der Waals surface area contributed by atoms with Crippen molar-refractivity contribution in [2.45, 2.75) is 69.2 Å². The third-order valence-corrected chi connectivity index (χ3v) is 6.28. The first-order valence-electron chi connectivity index (χ1n) is 8.17. The molecule has 4 rings (SSSR count). The Hall–Kier alpha value is -0.120. The molecule has 1 spiro atoms. The van der Waals surface area contributed by atoms with Gasteiger partial charge in [0.1, 0.15) is 0 Å². The molecule has 4 aliphatic rings. The molecule has 3 nitrogen and oxygen atoms in total. The quantitative estimate of drug-likeness (QED) is 0.835. The average molecular weight is 266 g/mol. The molecule has 0 amide bonds. The lowest BCUT2D eigenvalue weighted by Gasteiger charge is -2.42. The van der Waals surface area contributed by atoms with Gasteiger partial charge in [-0.2, -0.15) is 0 Å². The summed E-state index contributed by atoms with van der Waals surface area (Å²) in [5.74, 6) is 2.36. The highest BCUT2D eigenvalue weighted by molar-refractivity contribution is 4.97. The lowest BCUT2D eigenvalue weighted by atomic mass is 9.73. The highest BCUT2D eigenvalue weighted by atomic mass is 16.7. The molecule has 3 aliphatic carbocycles. The van der Waals surface area contributed by atoms with Gasteiger partial charge in [-0.05, 0) is 56.3 Å². The average Bonchev–Trinajstić information content (AvgIpc) is 3.11. The van der Waals surface area contributed by atoms with Gasteiger partial charge in [0.05, 0.1) is 18.8 Å². The monoisotopic (exact) mass is 266 g/mol. The molecule has 1 aliphatic heterocycles. The van der Waals surface area contributed by atoms with Gasteiger partial charge in [-0.1, -0.05) is 6.42 Å². The Bertz CT molecular complexity index is 338. The van der Waals surface area contributed by atoms with Crippen molar-refractivity contribution in [3.8, 4) is 0 Å². The molecule has 1 heterocycles. The first-order valence-corrected chi connectivity index (χ1v) is 8.17. The predicted molar refractivity (Wildman–Crippen MR) is 71.6 cm³/mol. The lowest BCUT2D eigenvalue weighted by molar-refractivity contribution is -0.205. The van der Waals surface area contributed by atoms with Crippen LogP contribution in [-0.2, 0) is 9.47 Å². The van der Waals surface area contributed by atoms with Crippen molar-refractivity contribution in [2.24, 2.45) is 17.8 Å². The molecule has 4 fully saturated rings. The van der Waals surface area contributed by atoms with Crippen molar-refractivity contribution < 1.29 is 14.6 Å². The summed E-state index contributed by atoms with van der Waals surface area (Å²) in [6.07, 6.45) is 10.2. The third-order valence-electron chi connectivity index (χ3n) is 6.28. The third kappa shape index (κ3) is 2.24. The summed E-state index contributed by atoms with van der Waals surface area (Å²) >= 11 is 0. The van der Waals surface area contributed by atoms with Crippen LogP contribution in [-0.4, -0.2) is 29.7 Å². The van der Waals surface area contributed by atoms with E-state index in [0.717, 1.165) is 63.1 Å². The van der Waals surface area contributed by atoms with E-state index in [0.29, 0.717) is 0 Å². The molecule has 0 aromatic heterocycles. The van der Waals surface area contributed by atoms with E-state index in [2.05, 4.69) is 0 Å². The Balaban J connectivity index is 1.36. The van der Waals surface area contributed by atoms with Crippen LogP contribution in [0.4, 0.5) is 0 Å². The van der Waals surface area contributed by atoms with Crippen molar-refractivity contribution in [1.29, 1.82) is 0 Å². The van der Waals surface area contributed by atoms with Gasteiger partial charge in [0.15, 0.2) is 5.79 Å². The zero-order valence-electron chi connectivity index (χ0n) is 11.8. The summed E-state index contributed by atoms with van der Waals surface area (Å²) in [6, 6.07) is 0. The van der Waals surface area contributed by atoms with Crippen LogP contribution in [0.5, 0.6) is 0 Å². The minimum Gasteiger partial charge on any atom is -0.390 e. The first kappa shape index (κ1) is 12.6. The van der Waals surface area contributed by atoms with E-state index in [-0.39, 0.29) is 5.79 Å². The SMILES string of the molecule is OC1(CC2CC3CCC2C3)CCC2(CC1)OCCO2. The van der Waals surface area contributed by atoms with E-state index in [1.807, 2.05) is 0 Å². The number of aliphatic hydroxyl groups is 1. The van der Waals surface area contributed by atoms with E-state index in [1.165, 1.54) is 25.7 Å². The van der Waals surface area contributed by atoms with E-state index in [9.17, 15) is 5.11 Å². The molecule has 2 bridgehead atoms. The van der Waals surface area contributed by atoms with Gasteiger partial charge in [-0.15, -0.1) is 0 Å². The van der Waals surface area contributed by atoms with Crippen molar-refractivity contribution in [3.05, 3.63) is 0 Å². The second kappa shape index (κ2) is 4.44. The van der Waals surface area contributed by atoms with Crippen LogP contribution in [0.15, 0.2) is 0 Å². The van der Waals surface area contributed by atoms with E-state index in [1.54, 1.807) is 0 Å². The van der Waals surface area contributed by atoms with Crippen molar-refractivity contribution in [2.75, 3.05) is 13.2 Å². The fraction of sp³-hybridized carbons (Fsp3) is 1.00. The Morgan fingerprint density at radius 1 is 0.947 bits per heavy atom. The van der Waals surface area contributed by atoms with E-state index < -0.39 is 5.60 Å². The summed E-state index contributed by atoms with van der Waals surface area (Å²) < 4.78 is 11.5. The van der Waals surface area contributed by atoms with Crippen LogP contribution in [0.3, 0.4) is 0 Å². The highest BCUT2D eigenvalue weighted by Gasteiger charge is 2.48. The van der Waals surface area contributed by atoms with Crippen LogP contribution in [0.2, 0.25) is 0 Å². The minimum atomic E-state index is -0.435. The van der Waals surface area contributed by atoms with Gasteiger partial charge in [0.25, 0.3) is 0 Å². The van der Waals surface area contributed by atoms with Gasteiger partial charge >= 0.3 is 0 Å². The largest absolute Gasteiger partial charge is 0.390 e. The molecule has 3 saturated carbocycles. The Morgan fingerprint density at radius 2 is 1.68 bits per heavy atom. The summed E-state index contributed by atoms with van der Waals surface area (Å²) in [7, 11) is 0. The fourth-order valence-corrected chi connectivity index (χ4v) is 5.20. The maximum Gasteiger partial charge on any atom is 0.168 e. The summed E-state index contributed by atoms with van der Waals surface area (Å²) in [5.41, 5.74) is -0.435. The first-order chi connectivity index (χ1) is 9.17. The molecule has 0 radical (unpaired) electrons. The molecular weight excluding hydrogens is 240 g/mol. The van der Waals surface area contributed by atoms with Gasteiger partial charge < -0.3 is 14.6 Å². The van der Waals surface area contributed by atoms with Crippen LogP contribution >= 0.6 is 0 Å². The highest BCUT2D eigenvalue weighted by Crippen LogP contribution is 2.53. The van der Waals surface area contributed by atoms with Crippen molar-refractivity contribution >= 4 is 0 Å². The molecule has 1 saturated heterocycles. The molecule has 3 unspecified atom stereocenters. The Morgan fingerprint density at radius 3 is 2.26 bits per heavy atom. The Labute approximate surface area is 115 Å². The van der Waals surface area contributed by atoms with E-state index >= 15 is 0 Å². The normalized spacial score (nSPS) is 43.1. The fourth-order valence-electron chi connectivity index (χ4n) is 5.20. The zero-order valence-corrected chi connectivity index (χ0v) is 11.8. The second-order valence-electron chi connectivity index (χ2n) is 7.47. The molecular formula is C16H26O3. The van der Waals surface area contributed by atoms with E-state index in [4.69, 9.17) is 9.47 Å². The van der Waals surface area contributed by atoms with Crippen molar-refractivity contribution in [1.82, 2.24) is 0 Å². The number of hydrogen-bond donors (Lipinski definition) is 1. The van der Waals surface area contributed by atoms with Crippen LogP contribution in [0.1, 0.15) is 57.8 Å². The van der Waals surface area contributed by atoms with Gasteiger partial charge in [-0.25, -0.2) is 0 Å². The molecule has 3 atom stereocenters.